The van der Waals surface area contributed by atoms with Gasteiger partial charge >= 0.3 is 5.97 Å². The van der Waals surface area contributed by atoms with Crippen LogP contribution in [0.3, 0.4) is 0 Å². The predicted molar refractivity (Wildman–Crippen MR) is 64.4 cm³/mol. The van der Waals surface area contributed by atoms with Gasteiger partial charge in [0, 0.05) is 12.2 Å². The highest BCUT2D eigenvalue weighted by atomic mass is 32.2. The molecule has 0 aliphatic carbocycles. The zero-order valence-corrected chi connectivity index (χ0v) is 10.1. The molecule has 88 valence electrons. The van der Waals surface area contributed by atoms with E-state index in [1.54, 1.807) is 0 Å². The van der Waals surface area contributed by atoms with E-state index in [-0.39, 0.29) is 11.9 Å². The van der Waals surface area contributed by atoms with Crippen LogP contribution >= 0.6 is 24.0 Å². The number of carboxylic acid groups (broad SMARTS) is 1. The number of carbonyl (C=O) groups excluding carboxylic acids is 1. The fourth-order valence-electron chi connectivity index (χ4n) is 1.86. The Labute approximate surface area is 103 Å². The molecule has 16 heavy (non-hydrogen) atoms. The summed E-state index contributed by atoms with van der Waals surface area (Å²) in [6.07, 6.45) is 1.38. The van der Waals surface area contributed by atoms with Crippen LogP contribution in [0.15, 0.2) is 0 Å². The number of hydrogen-bond donors (Lipinski definition) is 2. The summed E-state index contributed by atoms with van der Waals surface area (Å²) >= 11 is 6.44. The van der Waals surface area contributed by atoms with Gasteiger partial charge in [-0.15, -0.1) is 11.8 Å². The van der Waals surface area contributed by atoms with Crippen LogP contribution in [-0.4, -0.2) is 50.6 Å². The molecule has 0 aromatic heterocycles. The van der Waals surface area contributed by atoms with Crippen molar-refractivity contribution in [1.29, 1.82) is 0 Å². The highest BCUT2D eigenvalue weighted by Gasteiger charge is 2.38. The molecule has 2 atom stereocenters. The maximum absolute atomic E-state index is 12.0. The minimum absolute atomic E-state index is 0.141. The second-order valence-corrected chi connectivity index (χ2v) is 5.31. The van der Waals surface area contributed by atoms with E-state index in [2.05, 4.69) is 5.32 Å². The van der Waals surface area contributed by atoms with Gasteiger partial charge in [-0.05, 0) is 6.42 Å². The summed E-state index contributed by atoms with van der Waals surface area (Å²) in [5.74, 6) is -0.143. The summed E-state index contributed by atoms with van der Waals surface area (Å²) in [6, 6.07) is -1.01. The Morgan fingerprint density at radius 1 is 1.56 bits per heavy atom. The van der Waals surface area contributed by atoms with Gasteiger partial charge in [-0.25, -0.2) is 4.79 Å². The summed E-state index contributed by atoms with van der Waals surface area (Å²) in [6.45, 7) is 0. The molecule has 7 heteroatoms. The molecule has 0 radical (unpaired) electrons. The van der Waals surface area contributed by atoms with Crippen LogP contribution in [0.1, 0.15) is 12.8 Å². The molecule has 2 saturated heterocycles. The van der Waals surface area contributed by atoms with Gasteiger partial charge in [0.15, 0.2) is 0 Å². The molecule has 5 nitrogen and oxygen atoms in total. The smallest absolute Gasteiger partial charge is 0.327 e. The minimum atomic E-state index is -0.932. The Hall–Kier alpha value is -0.820. The molecular weight excluding hydrogens is 248 g/mol. The van der Waals surface area contributed by atoms with Crippen molar-refractivity contribution in [2.75, 3.05) is 11.6 Å². The molecule has 0 spiro atoms. The number of thiocarbonyl (C=S) groups is 1. The van der Waals surface area contributed by atoms with Crippen molar-refractivity contribution >= 4 is 40.8 Å². The van der Waals surface area contributed by atoms with Crippen molar-refractivity contribution in [3.63, 3.8) is 0 Å². The number of aliphatic carboxylic acids is 1. The first-order chi connectivity index (χ1) is 7.59. The second kappa shape index (κ2) is 4.58. The van der Waals surface area contributed by atoms with E-state index in [0.717, 1.165) is 0 Å². The molecule has 0 aromatic rings. The van der Waals surface area contributed by atoms with Crippen LogP contribution in [0, 0.1) is 0 Å². The lowest BCUT2D eigenvalue weighted by molar-refractivity contribution is -0.148. The van der Waals surface area contributed by atoms with E-state index in [0.29, 0.717) is 29.5 Å². The normalized spacial score (nSPS) is 29.2. The van der Waals surface area contributed by atoms with Crippen LogP contribution in [0.5, 0.6) is 0 Å². The summed E-state index contributed by atoms with van der Waals surface area (Å²) in [7, 11) is 0. The average Bonchev–Trinajstić information content (AvgIpc) is 2.84. The van der Waals surface area contributed by atoms with Crippen LogP contribution in [0.25, 0.3) is 0 Å². The fourth-order valence-corrected chi connectivity index (χ4v) is 3.28. The maximum Gasteiger partial charge on any atom is 0.327 e. The molecule has 0 bridgehead atoms. The molecule has 0 aromatic carbocycles. The van der Waals surface area contributed by atoms with Crippen LogP contribution < -0.4 is 5.32 Å². The Morgan fingerprint density at radius 3 is 2.88 bits per heavy atom. The van der Waals surface area contributed by atoms with Gasteiger partial charge in [0.1, 0.15) is 12.1 Å². The molecule has 2 aliphatic rings. The molecule has 0 unspecified atom stereocenters. The molecule has 0 saturated carbocycles. The lowest BCUT2D eigenvalue weighted by Gasteiger charge is -2.23. The Morgan fingerprint density at radius 2 is 2.31 bits per heavy atom. The van der Waals surface area contributed by atoms with Gasteiger partial charge < -0.3 is 15.3 Å². The molecule has 2 rings (SSSR count). The molecule has 1 amide bonds. The number of thioether (sulfide) groups is 1. The van der Waals surface area contributed by atoms with Crippen molar-refractivity contribution < 1.29 is 14.7 Å². The summed E-state index contributed by atoms with van der Waals surface area (Å²) in [5.41, 5.74) is 0. The molecule has 2 heterocycles. The van der Waals surface area contributed by atoms with Crippen molar-refractivity contribution in [3.05, 3.63) is 0 Å². The standard InChI is InChI=1S/C9H12N2O3S2/c12-8(5-1-2-7(15)10-5)11-4-16-3-6(11)9(13)14/h5-6H,1-4H2,(H,10,15)(H,13,14)/t5-,6+/m1/s1. The average molecular weight is 260 g/mol. The van der Waals surface area contributed by atoms with Crippen LogP contribution in [-0.2, 0) is 9.59 Å². The van der Waals surface area contributed by atoms with Gasteiger partial charge in [-0.1, -0.05) is 12.2 Å². The van der Waals surface area contributed by atoms with E-state index in [9.17, 15) is 9.59 Å². The number of amides is 1. The molecule has 2 fully saturated rings. The zero-order chi connectivity index (χ0) is 11.7. The first-order valence-corrected chi connectivity index (χ1v) is 6.56. The molecular formula is C9H12N2O3S2. The monoisotopic (exact) mass is 260 g/mol. The topological polar surface area (TPSA) is 69.6 Å². The second-order valence-electron chi connectivity index (χ2n) is 3.82. The molecule has 2 aliphatic heterocycles. The highest BCUT2D eigenvalue weighted by molar-refractivity contribution is 7.99. The number of nitrogens with one attached hydrogen (secondary N) is 1. The lowest BCUT2D eigenvalue weighted by Crippen LogP contribution is -2.49. The van der Waals surface area contributed by atoms with Crippen LogP contribution in [0.2, 0.25) is 0 Å². The minimum Gasteiger partial charge on any atom is -0.480 e. The number of carbonyl (C=O) groups is 2. The van der Waals surface area contributed by atoms with E-state index < -0.39 is 12.0 Å². The zero-order valence-electron chi connectivity index (χ0n) is 8.51. The third-order valence-electron chi connectivity index (χ3n) is 2.74. The van der Waals surface area contributed by atoms with Crippen LogP contribution in [0.4, 0.5) is 0 Å². The lowest BCUT2D eigenvalue weighted by atomic mass is 10.2. The van der Waals surface area contributed by atoms with Gasteiger partial charge in [0.2, 0.25) is 5.91 Å². The van der Waals surface area contributed by atoms with Crippen molar-refractivity contribution in [2.24, 2.45) is 0 Å². The van der Waals surface area contributed by atoms with E-state index in [1.807, 2.05) is 0 Å². The Balaban J connectivity index is 2.03. The number of rotatable bonds is 2. The van der Waals surface area contributed by atoms with E-state index >= 15 is 0 Å². The van der Waals surface area contributed by atoms with Gasteiger partial charge in [0.25, 0.3) is 0 Å². The third kappa shape index (κ3) is 2.15. The fraction of sp³-hybridized carbons (Fsp3) is 0.667. The first-order valence-electron chi connectivity index (χ1n) is 5.00. The summed E-state index contributed by atoms with van der Waals surface area (Å²) < 4.78 is 0. The van der Waals surface area contributed by atoms with E-state index in [1.165, 1.54) is 16.7 Å². The Kier molecular flexibility index (Phi) is 3.34. The van der Waals surface area contributed by atoms with Crippen molar-refractivity contribution in [2.45, 2.75) is 24.9 Å². The van der Waals surface area contributed by atoms with Gasteiger partial charge in [-0.3, -0.25) is 4.79 Å². The summed E-state index contributed by atoms with van der Waals surface area (Å²) in [5, 5.41) is 11.9. The predicted octanol–water partition coefficient (Wildman–Crippen LogP) is 0.0519. The van der Waals surface area contributed by atoms with Gasteiger partial charge in [-0.2, -0.15) is 0 Å². The van der Waals surface area contributed by atoms with Crippen molar-refractivity contribution in [1.82, 2.24) is 10.2 Å². The third-order valence-corrected chi connectivity index (χ3v) is 4.08. The van der Waals surface area contributed by atoms with E-state index in [4.69, 9.17) is 17.3 Å². The van der Waals surface area contributed by atoms with Crippen molar-refractivity contribution in [3.8, 4) is 0 Å². The Bertz CT molecular complexity index is 348. The SMILES string of the molecule is O=C(O)[C@@H]1CSCN1C(=O)[C@H]1CCC(=S)N1. The quantitative estimate of drug-likeness (QED) is 0.684. The number of nitrogens with zero attached hydrogens (tertiary/aromatic N) is 1. The summed E-state index contributed by atoms with van der Waals surface area (Å²) in [4.78, 5) is 25.1. The molecule has 2 N–H and O–H groups in total. The number of carboxylic acids is 1. The van der Waals surface area contributed by atoms with Gasteiger partial charge in [0.05, 0.1) is 10.9 Å². The maximum atomic E-state index is 12.0. The first kappa shape index (κ1) is 11.7. The largest absolute Gasteiger partial charge is 0.480 e. The number of hydrogen-bond acceptors (Lipinski definition) is 4. The highest BCUT2D eigenvalue weighted by Crippen LogP contribution is 2.23.